The van der Waals surface area contributed by atoms with E-state index in [0.29, 0.717) is 5.39 Å². The predicted octanol–water partition coefficient (Wildman–Crippen LogP) is 5.46. The summed E-state index contributed by atoms with van der Waals surface area (Å²) in [6.45, 7) is 4.89. The maximum atomic E-state index is 13.1. The molecule has 4 rings (SSSR count). The summed E-state index contributed by atoms with van der Waals surface area (Å²) in [6, 6.07) is 7.90. The average Bonchev–Trinajstić information content (AvgIpc) is 3.08. The zero-order chi connectivity index (χ0) is 20.0. The lowest BCUT2D eigenvalue weighted by Crippen LogP contribution is -2.24. The van der Waals surface area contributed by atoms with Gasteiger partial charge in [0.05, 0.1) is 5.52 Å². The van der Waals surface area contributed by atoms with Crippen molar-refractivity contribution in [2.75, 3.05) is 5.32 Å². The topological polar surface area (TPSA) is 51.1 Å². The number of halogens is 2. The summed E-state index contributed by atoms with van der Waals surface area (Å²) < 4.78 is 3.89. The minimum absolute atomic E-state index is 0.186. The summed E-state index contributed by atoms with van der Waals surface area (Å²) in [7, 11) is 0. The van der Waals surface area contributed by atoms with E-state index in [9.17, 15) is 9.59 Å². The van der Waals surface area contributed by atoms with Gasteiger partial charge >= 0.3 is 0 Å². The molecule has 0 unspecified atom stereocenters. The van der Waals surface area contributed by atoms with E-state index in [1.807, 2.05) is 28.8 Å². The van der Waals surface area contributed by atoms with Gasteiger partial charge in [0, 0.05) is 32.8 Å². The van der Waals surface area contributed by atoms with Gasteiger partial charge in [-0.25, -0.2) is 0 Å². The molecule has 1 aliphatic heterocycles. The summed E-state index contributed by atoms with van der Waals surface area (Å²) in [6.07, 6.45) is 4.16. The smallest absolute Gasteiger partial charge is 0.261 e. The molecule has 1 amide bonds. The Hall–Kier alpha value is -1.92. The van der Waals surface area contributed by atoms with Gasteiger partial charge in [-0.05, 0) is 60.2 Å². The Morgan fingerprint density at radius 2 is 1.71 bits per heavy atom. The van der Waals surface area contributed by atoms with Gasteiger partial charge in [0.2, 0.25) is 5.43 Å². The lowest BCUT2D eigenvalue weighted by molar-refractivity contribution is 0.102. The van der Waals surface area contributed by atoms with E-state index in [0.717, 1.165) is 62.6 Å². The third-order valence-electron chi connectivity index (χ3n) is 5.35. The Labute approximate surface area is 180 Å². The van der Waals surface area contributed by atoms with Crippen LogP contribution in [0.5, 0.6) is 0 Å². The quantitative estimate of drug-likeness (QED) is 0.514. The number of carbonyl (C=O) groups is 1. The Balaban J connectivity index is 1.82. The summed E-state index contributed by atoms with van der Waals surface area (Å²) in [5.41, 5.74) is 4.96. The maximum Gasteiger partial charge on any atom is 0.261 e. The van der Waals surface area contributed by atoms with Crippen LogP contribution in [0.4, 0.5) is 5.69 Å². The number of pyridine rings is 1. The van der Waals surface area contributed by atoms with Crippen LogP contribution in [0.15, 0.2) is 44.2 Å². The van der Waals surface area contributed by atoms with Gasteiger partial charge in [-0.2, -0.15) is 0 Å². The lowest BCUT2D eigenvalue weighted by Gasteiger charge is -2.16. The van der Waals surface area contributed by atoms with E-state index in [1.54, 1.807) is 6.20 Å². The summed E-state index contributed by atoms with van der Waals surface area (Å²) >= 11 is 7.03. The van der Waals surface area contributed by atoms with Gasteiger partial charge in [-0.15, -0.1) is 0 Å². The third-order valence-corrected chi connectivity index (χ3v) is 6.26. The second-order valence-electron chi connectivity index (χ2n) is 7.04. The largest absolute Gasteiger partial charge is 0.346 e. The second kappa shape index (κ2) is 7.48. The number of anilines is 1. The number of hydrogen-bond acceptors (Lipinski definition) is 2. The standard InChI is InChI=1S/C22H20Br2N2O2/c1-3-12-7-15(23)8-13(4-2)19(12)25-22(28)18-11-26-6-5-14-9-16(24)10-17(20(14)26)21(18)27/h7-11H,3-6H2,1-2H3,(H,25,28). The molecule has 0 saturated carbocycles. The lowest BCUT2D eigenvalue weighted by atomic mass is 10.0. The first-order chi connectivity index (χ1) is 13.4. The normalized spacial score (nSPS) is 12.6. The van der Waals surface area contributed by atoms with Crippen LogP contribution in [0.2, 0.25) is 0 Å². The molecule has 6 heteroatoms. The second-order valence-corrected chi connectivity index (χ2v) is 8.87. The molecule has 0 spiro atoms. The first kappa shape index (κ1) is 19.4. The summed E-state index contributed by atoms with van der Waals surface area (Å²) in [4.78, 5) is 26.2. The van der Waals surface area contributed by atoms with Crippen LogP contribution >= 0.6 is 31.9 Å². The van der Waals surface area contributed by atoms with Crippen LogP contribution in [0.1, 0.15) is 40.9 Å². The van der Waals surface area contributed by atoms with E-state index in [1.165, 1.54) is 0 Å². The molecular formula is C22H20Br2N2O2. The molecule has 0 fully saturated rings. The van der Waals surface area contributed by atoms with Crippen molar-refractivity contribution in [3.63, 3.8) is 0 Å². The molecule has 4 nitrogen and oxygen atoms in total. The van der Waals surface area contributed by atoms with Crippen molar-refractivity contribution in [2.45, 2.75) is 39.7 Å². The predicted molar refractivity (Wildman–Crippen MR) is 120 cm³/mol. The number of amides is 1. The first-order valence-electron chi connectivity index (χ1n) is 9.41. The molecule has 2 heterocycles. The highest BCUT2D eigenvalue weighted by molar-refractivity contribution is 9.10. The fourth-order valence-corrected chi connectivity index (χ4v) is 5.04. The number of rotatable bonds is 4. The van der Waals surface area contributed by atoms with E-state index in [-0.39, 0.29) is 16.9 Å². The molecule has 1 aliphatic rings. The molecule has 0 aliphatic carbocycles. The van der Waals surface area contributed by atoms with Gasteiger partial charge in [0.15, 0.2) is 0 Å². The third kappa shape index (κ3) is 3.22. The SMILES string of the molecule is CCc1cc(Br)cc(CC)c1NC(=O)c1cn2c3c(cc(Br)cc3c1=O)CC2. The summed E-state index contributed by atoms with van der Waals surface area (Å²) in [5, 5.41) is 3.62. The van der Waals surface area contributed by atoms with Crippen LogP contribution in [-0.2, 0) is 25.8 Å². The highest BCUT2D eigenvalue weighted by Crippen LogP contribution is 2.30. The minimum Gasteiger partial charge on any atom is -0.346 e. The number of benzene rings is 2. The van der Waals surface area contributed by atoms with E-state index >= 15 is 0 Å². The van der Waals surface area contributed by atoms with Crippen molar-refractivity contribution in [2.24, 2.45) is 0 Å². The number of aromatic nitrogens is 1. The fraction of sp³-hybridized carbons (Fsp3) is 0.273. The van der Waals surface area contributed by atoms with Crippen LogP contribution in [0.3, 0.4) is 0 Å². The molecule has 0 radical (unpaired) electrons. The molecule has 1 N–H and O–H groups in total. The number of nitrogens with zero attached hydrogens (tertiary/aromatic N) is 1. The molecule has 3 aromatic rings. The Morgan fingerprint density at radius 1 is 1.07 bits per heavy atom. The van der Waals surface area contributed by atoms with Crippen LogP contribution < -0.4 is 10.7 Å². The molecule has 1 aromatic heterocycles. The first-order valence-corrected chi connectivity index (χ1v) is 11.0. The molecule has 0 saturated heterocycles. The van der Waals surface area contributed by atoms with Crippen molar-refractivity contribution >= 4 is 54.4 Å². The Morgan fingerprint density at radius 3 is 2.36 bits per heavy atom. The van der Waals surface area contributed by atoms with E-state index in [4.69, 9.17) is 0 Å². The average molecular weight is 504 g/mol. The Kier molecular flexibility index (Phi) is 5.19. The fourth-order valence-electron chi connectivity index (χ4n) is 3.99. The molecular weight excluding hydrogens is 484 g/mol. The van der Waals surface area contributed by atoms with Crippen LogP contribution in [0.25, 0.3) is 10.9 Å². The number of carbonyl (C=O) groups excluding carboxylic acids is 1. The summed E-state index contributed by atoms with van der Waals surface area (Å²) in [5.74, 6) is -0.351. The van der Waals surface area contributed by atoms with Crippen LogP contribution in [-0.4, -0.2) is 10.5 Å². The molecule has 144 valence electrons. The molecule has 28 heavy (non-hydrogen) atoms. The number of hydrogen-bond donors (Lipinski definition) is 1. The van der Waals surface area contributed by atoms with Crippen LogP contribution in [0, 0.1) is 0 Å². The van der Waals surface area contributed by atoms with E-state index < -0.39 is 0 Å². The number of nitrogens with one attached hydrogen (secondary N) is 1. The highest BCUT2D eigenvalue weighted by Gasteiger charge is 2.22. The van der Waals surface area contributed by atoms with Gasteiger partial charge in [-0.1, -0.05) is 45.7 Å². The molecule has 2 aromatic carbocycles. The zero-order valence-electron chi connectivity index (χ0n) is 15.7. The zero-order valence-corrected chi connectivity index (χ0v) is 18.9. The van der Waals surface area contributed by atoms with Gasteiger partial charge in [0.1, 0.15) is 5.56 Å². The minimum atomic E-state index is -0.351. The van der Waals surface area contributed by atoms with E-state index in [2.05, 4.69) is 51.0 Å². The van der Waals surface area contributed by atoms with Gasteiger partial charge in [0.25, 0.3) is 5.91 Å². The van der Waals surface area contributed by atoms with Crippen molar-refractivity contribution in [3.05, 3.63) is 71.9 Å². The van der Waals surface area contributed by atoms with Gasteiger partial charge < -0.3 is 9.88 Å². The monoisotopic (exact) mass is 502 g/mol. The van der Waals surface area contributed by atoms with Crippen molar-refractivity contribution in [3.8, 4) is 0 Å². The van der Waals surface area contributed by atoms with Gasteiger partial charge in [-0.3, -0.25) is 9.59 Å². The number of aryl methyl sites for hydroxylation is 4. The van der Waals surface area contributed by atoms with Crippen molar-refractivity contribution in [1.29, 1.82) is 0 Å². The van der Waals surface area contributed by atoms with Crippen molar-refractivity contribution in [1.82, 2.24) is 4.57 Å². The Bertz CT molecular complexity index is 1160. The maximum absolute atomic E-state index is 13.1. The molecule has 0 atom stereocenters. The molecule has 0 bridgehead atoms. The van der Waals surface area contributed by atoms with Crippen molar-refractivity contribution < 1.29 is 4.79 Å². The highest BCUT2D eigenvalue weighted by atomic mass is 79.9.